The molecule has 3 N–H and O–H groups in total. The zero-order chi connectivity index (χ0) is 14.3. The van der Waals surface area contributed by atoms with Crippen LogP contribution >= 0.6 is 11.8 Å². The van der Waals surface area contributed by atoms with E-state index in [1.165, 1.54) is 23.9 Å². The lowest BCUT2D eigenvalue weighted by Gasteiger charge is -2.29. The average molecular weight is 287 g/mol. The number of benzene rings is 1. The molecule has 0 radical (unpaired) electrons. The molecular weight excluding hydrogens is 269 g/mol. The smallest absolute Gasteiger partial charge is 0.230 e. The summed E-state index contributed by atoms with van der Waals surface area (Å²) in [6.45, 7) is 1.15. The van der Waals surface area contributed by atoms with Crippen molar-refractivity contribution < 1.29 is 19.4 Å². The molecule has 0 saturated heterocycles. The summed E-state index contributed by atoms with van der Waals surface area (Å²) in [7, 11) is 0. The van der Waals surface area contributed by atoms with Crippen LogP contribution in [-0.2, 0) is 4.79 Å². The second-order valence-electron chi connectivity index (χ2n) is 4.24. The lowest BCUT2D eigenvalue weighted by atomic mass is 9.99. The van der Waals surface area contributed by atoms with E-state index >= 15 is 0 Å². The van der Waals surface area contributed by atoms with Gasteiger partial charge in [-0.25, -0.2) is 4.39 Å². The van der Waals surface area contributed by atoms with Crippen molar-refractivity contribution in [3.05, 3.63) is 30.1 Å². The highest BCUT2D eigenvalue weighted by atomic mass is 32.2. The van der Waals surface area contributed by atoms with Gasteiger partial charge in [-0.1, -0.05) is 6.92 Å². The minimum absolute atomic E-state index is 0.146. The molecule has 0 heterocycles. The van der Waals surface area contributed by atoms with Crippen LogP contribution in [0.3, 0.4) is 0 Å². The van der Waals surface area contributed by atoms with Gasteiger partial charge >= 0.3 is 0 Å². The van der Waals surface area contributed by atoms with E-state index in [2.05, 4.69) is 5.32 Å². The third-order valence-corrected chi connectivity index (χ3v) is 3.88. The molecule has 106 valence electrons. The minimum atomic E-state index is -0.972. The van der Waals surface area contributed by atoms with Crippen LogP contribution in [0.4, 0.5) is 4.39 Å². The number of rotatable bonds is 7. The summed E-state index contributed by atoms with van der Waals surface area (Å²) >= 11 is 1.27. The van der Waals surface area contributed by atoms with Crippen molar-refractivity contribution in [2.24, 2.45) is 0 Å². The zero-order valence-electron chi connectivity index (χ0n) is 10.7. The highest BCUT2D eigenvalue weighted by molar-refractivity contribution is 8.00. The van der Waals surface area contributed by atoms with Gasteiger partial charge in [0, 0.05) is 4.90 Å². The van der Waals surface area contributed by atoms with Gasteiger partial charge in [-0.2, -0.15) is 0 Å². The Balaban J connectivity index is 2.49. The van der Waals surface area contributed by atoms with Gasteiger partial charge in [0.2, 0.25) is 5.91 Å². The zero-order valence-corrected chi connectivity index (χ0v) is 11.5. The van der Waals surface area contributed by atoms with Gasteiger partial charge in [-0.3, -0.25) is 4.79 Å². The van der Waals surface area contributed by atoms with Gasteiger partial charge in [0.25, 0.3) is 0 Å². The van der Waals surface area contributed by atoms with Gasteiger partial charge in [-0.05, 0) is 30.7 Å². The van der Waals surface area contributed by atoms with E-state index in [1.807, 2.05) is 0 Å². The quantitative estimate of drug-likeness (QED) is 0.658. The number of carbonyl (C=O) groups excluding carboxylic acids is 1. The molecule has 0 bridgehead atoms. The minimum Gasteiger partial charge on any atom is -0.394 e. The largest absolute Gasteiger partial charge is 0.394 e. The molecule has 0 atom stereocenters. The van der Waals surface area contributed by atoms with E-state index in [0.717, 1.165) is 4.90 Å². The number of aliphatic hydroxyl groups excluding tert-OH is 2. The van der Waals surface area contributed by atoms with E-state index in [4.69, 9.17) is 0 Å². The molecule has 1 amide bonds. The third-order valence-electron chi connectivity index (χ3n) is 2.87. The Hall–Kier alpha value is -1.11. The maximum Gasteiger partial charge on any atom is 0.230 e. The van der Waals surface area contributed by atoms with E-state index in [0.29, 0.717) is 6.42 Å². The summed E-state index contributed by atoms with van der Waals surface area (Å²) in [4.78, 5) is 12.5. The first-order valence-electron chi connectivity index (χ1n) is 5.96. The Morgan fingerprint density at radius 1 is 1.32 bits per heavy atom. The number of nitrogens with one attached hydrogen (secondary N) is 1. The predicted molar refractivity (Wildman–Crippen MR) is 72.5 cm³/mol. The van der Waals surface area contributed by atoms with Crippen molar-refractivity contribution >= 4 is 17.7 Å². The lowest BCUT2D eigenvalue weighted by molar-refractivity contribution is -0.121. The van der Waals surface area contributed by atoms with E-state index in [9.17, 15) is 19.4 Å². The number of amides is 1. The maximum atomic E-state index is 12.7. The Labute approximate surface area is 116 Å². The molecule has 0 unspecified atom stereocenters. The molecule has 0 aromatic heterocycles. The molecule has 0 fully saturated rings. The highest BCUT2D eigenvalue weighted by Gasteiger charge is 2.28. The number of thioether (sulfide) groups is 1. The summed E-state index contributed by atoms with van der Waals surface area (Å²) in [6.07, 6.45) is 0.437. The van der Waals surface area contributed by atoms with Crippen molar-refractivity contribution in [1.82, 2.24) is 5.32 Å². The molecular formula is C13H18FNO3S. The number of aliphatic hydroxyl groups is 2. The summed E-state index contributed by atoms with van der Waals surface area (Å²) in [5.41, 5.74) is -0.972. The fourth-order valence-corrected chi connectivity index (χ4v) is 2.15. The lowest BCUT2D eigenvalue weighted by Crippen LogP contribution is -2.54. The average Bonchev–Trinajstić information content (AvgIpc) is 2.44. The van der Waals surface area contributed by atoms with Crippen LogP contribution in [0, 0.1) is 5.82 Å². The Kier molecular flexibility index (Phi) is 6.27. The first-order chi connectivity index (χ1) is 9.05. The molecule has 1 rings (SSSR count). The molecule has 1 aromatic carbocycles. The SMILES string of the molecule is CCC(CO)(CO)NC(=O)CSc1ccc(F)cc1. The molecule has 6 heteroatoms. The molecule has 0 saturated carbocycles. The van der Waals surface area contributed by atoms with Crippen LogP contribution in [0.5, 0.6) is 0 Å². The topological polar surface area (TPSA) is 69.6 Å². The summed E-state index contributed by atoms with van der Waals surface area (Å²) in [5, 5.41) is 21.1. The van der Waals surface area contributed by atoms with Crippen molar-refractivity contribution in [3.63, 3.8) is 0 Å². The van der Waals surface area contributed by atoms with Crippen LogP contribution in [-0.4, -0.2) is 40.6 Å². The van der Waals surface area contributed by atoms with Gasteiger partial charge in [-0.15, -0.1) is 11.8 Å². The molecule has 0 aliphatic carbocycles. The maximum absolute atomic E-state index is 12.7. The highest BCUT2D eigenvalue weighted by Crippen LogP contribution is 2.18. The first kappa shape index (κ1) is 15.9. The first-order valence-corrected chi connectivity index (χ1v) is 6.95. The number of carbonyl (C=O) groups is 1. The van der Waals surface area contributed by atoms with E-state index < -0.39 is 5.54 Å². The number of hydrogen-bond acceptors (Lipinski definition) is 4. The molecule has 0 aliphatic rings. The molecule has 0 aliphatic heterocycles. The monoisotopic (exact) mass is 287 g/mol. The molecule has 19 heavy (non-hydrogen) atoms. The fraction of sp³-hybridized carbons (Fsp3) is 0.462. The van der Waals surface area contributed by atoms with Gasteiger partial charge in [0.05, 0.1) is 24.5 Å². The van der Waals surface area contributed by atoms with Crippen molar-refractivity contribution in [3.8, 4) is 0 Å². The van der Waals surface area contributed by atoms with Crippen LogP contribution < -0.4 is 5.32 Å². The van der Waals surface area contributed by atoms with Crippen LogP contribution in [0.1, 0.15) is 13.3 Å². The number of hydrogen-bond donors (Lipinski definition) is 3. The Morgan fingerprint density at radius 3 is 2.37 bits per heavy atom. The predicted octanol–water partition coefficient (Wildman–Crippen LogP) is 1.17. The van der Waals surface area contributed by atoms with E-state index in [1.54, 1.807) is 19.1 Å². The second-order valence-corrected chi connectivity index (χ2v) is 5.29. The third kappa shape index (κ3) is 4.81. The normalized spacial score (nSPS) is 11.4. The van der Waals surface area contributed by atoms with Crippen molar-refractivity contribution in [1.29, 1.82) is 0 Å². The van der Waals surface area contributed by atoms with Gasteiger partial charge in [0.1, 0.15) is 5.82 Å². The van der Waals surface area contributed by atoms with Crippen LogP contribution in [0.25, 0.3) is 0 Å². The Bertz CT molecular complexity index is 399. The molecule has 4 nitrogen and oxygen atoms in total. The Morgan fingerprint density at radius 2 is 1.89 bits per heavy atom. The summed E-state index contributed by atoms with van der Waals surface area (Å²) in [6, 6.07) is 5.85. The van der Waals surface area contributed by atoms with E-state index in [-0.39, 0.29) is 30.7 Å². The van der Waals surface area contributed by atoms with Crippen LogP contribution in [0.15, 0.2) is 29.2 Å². The molecule has 1 aromatic rings. The fourth-order valence-electron chi connectivity index (χ4n) is 1.45. The summed E-state index contributed by atoms with van der Waals surface area (Å²) in [5.74, 6) is -0.452. The van der Waals surface area contributed by atoms with Gasteiger partial charge < -0.3 is 15.5 Å². The van der Waals surface area contributed by atoms with Crippen LogP contribution in [0.2, 0.25) is 0 Å². The molecule has 0 spiro atoms. The van der Waals surface area contributed by atoms with Gasteiger partial charge in [0.15, 0.2) is 0 Å². The van der Waals surface area contributed by atoms with Crippen molar-refractivity contribution in [2.75, 3.05) is 19.0 Å². The number of halogens is 1. The van der Waals surface area contributed by atoms with Crippen molar-refractivity contribution in [2.45, 2.75) is 23.8 Å². The second kappa shape index (κ2) is 7.47. The standard InChI is InChI=1S/C13H18FNO3S/c1-2-13(8-16,9-17)15-12(18)7-19-11-5-3-10(14)4-6-11/h3-6,16-17H,2,7-9H2,1H3,(H,15,18). The summed E-state index contributed by atoms with van der Waals surface area (Å²) < 4.78 is 12.7.